The average molecular weight is 406 g/mol. The summed E-state index contributed by atoms with van der Waals surface area (Å²) in [6, 6.07) is 10.6. The standard InChI is InChI=1S/C20H10N2O8/c23-18(24)9-8-10(22-17-13(30-20(22)27)6-3-7-21-17)15-16(14(9)19(25)26)29-12-5-2-1-4-11(12)28-15/h1-8H,(H,23,24)(H,25,26). The van der Waals surface area contributed by atoms with Gasteiger partial charge in [-0.1, -0.05) is 12.1 Å². The number of benzene rings is 2. The van der Waals surface area contributed by atoms with Crippen LogP contribution in [-0.4, -0.2) is 31.7 Å². The molecule has 0 bridgehead atoms. The Labute approximate surface area is 166 Å². The molecular formula is C20H10N2O8. The second kappa shape index (κ2) is 6.21. The number of pyridine rings is 1. The largest absolute Gasteiger partial charge is 0.478 e. The van der Waals surface area contributed by atoms with Crippen molar-refractivity contribution in [2.24, 2.45) is 0 Å². The van der Waals surface area contributed by atoms with Crippen molar-refractivity contribution in [3.8, 4) is 28.7 Å². The monoisotopic (exact) mass is 406 g/mol. The lowest BCUT2D eigenvalue weighted by molar-refractivity contribution is 0.0648. The smallest absolute Gasteiger partial charge is 0.426 e. The zero-order chi connectivity index (χ0) is 21.0. The molecule has 1 aliphatic rings. The predicted octanol–water partition coefficient (Wildman–Crippen LogP) is 3.27. The van der Waals surface area contributed by atoms with Crippen LogP contribution in [0.1, 0.15) is 20.7 Å². The van der Waals surface area contributed by atoms with E-state index < -0.39 is 28.8 Å². The van der Waals surface area contributed by atoms with E-state index in [1.165, 1.54) is 18.3 Å². The molecule has 10 nitrogen and oxygen atoms in total. The lowest BCUT2D eigenvalue weighted by Gasteiger charge is -2.24. The molecule has 0 radical (unpaired) electrons. The van der Waals surface area contributed by atoms with E-state index in [0.717, 1.165) is 10.6 Å². The first-order chi connectivity index (χ1) is 14.5. The molecule has 148 valence electrons. The van der Waals surface area contributed by atoms with E-state index in [-0.39, 0.29) is 39.9 Å². The molecule has 4 aromatic rings. The minimum absolute atomic E-state index is 0.0793. The van der Waals surface area contributed by atoms with Gasteiger partial charge in [0.15, 0.2) is 34.2 Å². The molecule has 5 rings (SSSR count). The fraction of sp³-hybridized carbons (Fsp3) is 0. The van der Waals surface area contributed by atoms with Crippen LogP contribution in [0.25, 0.3) is 16.9 Å². The molecule has 2 aromatic heterocycles. The number of fused-ring (bicyclic) bond motifs is 3. The molecule has 2 N–H and O–H groups in total. The normalized spacial score (nSPS) is 11.9. The number of aromatic nitrogens is 2. The van der Waals surface area contributed by atoms with Crippen molar-refractivity contribution in [3.63, 3.8) is 0 Å². The number of para-hydroxylation sites is 2. The molecule has 10 heteroatoms. The Morgan fingerprint density at radius 2 is 1.63 bits per heavy atom. The summed E-state index contributed by atoms with van der Waals surface area (Å²) in [6.45, 7) is 0. The number of carbonyl (C=O) groups is 2. The second-order valence-electron chi connectivity index (χ2n) is 6.27. The van der Waals surface area contributed by atoms with Crippen molar-refractivity contribution in [3.05, 3.63) is 70.3 Å². The highest BCUT2D eigenvalue weighted by molar-refractivity contribution is 6.06. The zero-order valence-electron chi connectivity index (χ0n) is 14.9. The maximum atomic E-state index is 12.6. The third-order valence-electron chi connectivity index (χ3n) is 4.52. The molecule has 0 amide bonds. The highest BCUT2D eigenvalue weighted by Gasteiger charge is 2.34. The maximum Gasteiger partial charge on any atom is 0.426 e. The van der Waals surface area contributed by atoms with Crippen LogP contribution in [0.3, 0.4) is 0 Å². The van der Waals surface area contributed by atoms with E-state index in [2.05, 4.69) is 4.98 Å². The number of ether oxygens (including phenoxy) is 2. The molecule has 0 saturated carbocycles. The highest BCUT2D eigenvalue weighted by Crippen LogP contribution is 2.50. The number of carboxylic acids is 2. The van der Waals surface area contributed by atoms with Crippen molar-refractivity contribution in [1.29, 1.82) is 0 Å². The fourth-order valence-corrected chi connectivity index (χ4v) is 3.28. The van der Waals surface area contributed by atoms with Gasteiger partial charge in [-0.05, 0) is 30.3 Å². The van der Waals surface area contributed by atoms with Crippen LogP contribution in [0, 0.1) is 0 Å². The SMILES string of the molecule is O=C(O)c1cc(-n2c(=O)oc3cccnc32)c2c(c1C(=O)O)Oc1ccccc1O2. The molecule has 1 aliphatic heterocycles. The van der Waals surface area contributed by atoms with Gasteiger partial charge in [0.2, 0.25) is 0 Å². The molecular weight excluding hydrogens is 396 g/mol. The van der Waals surface area contributed by atoms with E-state index in [1.54, 1.807) is 24.3 Å². The van der Waals surface area contributed by atoms with Gasteiger partial charge in [-0.2, -0.15) is 0 Å². The summed E-state index contributed by atoms with van der Waals surface area (Å²) < 4.78 is 17.7. The van der Waals surface area contributed by atoms with E-state index in [1.807, 2.05) is 0 Å². The molecule has 0 atom stereocenters. The number of hydrogen-bond donors (Lipinski definition) is 2. The third kappa shape index (κ3) is 2.44. The summed E-state index contributed by atoms with van der Waals surface area (Å²) in [5.74, 6) is -3.93. The molecule has 2 aromatic carbocycles. The van der Waals surface area contributed by atoms with Gasteiger partial charge in [0, 0.05) is 6.20 Å². The number of rotatable bonds is 3. The average Bonchev–Trinajstić information content (AvgIpc) is 3.06. The second-order valence-corrected chi connectivity index (χ2v) is 6.27. The van der Waals surface area contributed by atoms with Crippen LogP contribution < -0.4 is 15.2 Å². The van der Waals surface area contributed by atoms with Crippen molar-refractivity contribution in [2.75, 3.05) is 0 Å². The number of hydrogen-bond acceptors (Lipinski definition) is 7. The van der Waals surface area contributed by atoms with Crippen molar-refractivity contribution >= 4 is 23.2 Å². The summed E-state index contributed by atoms with van der Waals surface area (Å²) in [6.07, 6.45) is 1.43. The lowest BCUT2D eigenvalue weighted by atomic mass is 10.0. The van der Waals surface area contributed by atoms with Gasteiger partial charge in [0.05, 0.1) is 5.56 Å². The summed E-state index contributed by atoms with van der Waals surface area (Å²) in [4.78, 5) is 40.4. The summed E-state index contributed by atoms with van der Waals surface area (Å²) in [5, 5.41) is 19.3. The van der Waals surface area contributed by atoms with Crippen LogP contribution in [-0.2, 0) is 0 Å². The minimum atomic E-state index is -1.53. The maximum absolute atomic E-state index is 12.6. The first-order valence-electron chi connectivity index (χ1n) is 8.55. The predicted molar refractivity (Wildman–Crippen MR) is 100 cm³/mol. The Kier molecular flexibility index (Phi) is 3.62. The molecule has 30 heavy (non-hydrogen) atoms. The number of oxazole rings is 1. The summed E-state index contributed by atoms with van der Waals surface area (Å²) in [5.41, 5.74) is -1.01. The van der Waals surface area contributed by atoms with Crippen LogP contribution in [0.4, 0.5) is 0 Å². The summed E-state index contributed by atoms with van der Waals surface area (Å²) >= 11 is 0. The molecule has 0 fully saturated rings. The highest BCUT2D eigenvalue weighted by atomic mass is 16.6. The van der Waals surface area contributed by atoms with Crippen molar-refractivity contribution in [1.82, 2.24) is 9.55 Å². The Morgan fingerprint density at radius 1 is 0.933 bits per heavy atom. The molecule has 3 heterocycles. The van der Waals surface area contributed by atoms with Gasteiger partial charge in [0.25, 0.3) is 0 Å². The Balaban J connectivity index is 1.90. The number of carboxylic acid groups (broad SMARTS) is 2. The molecule has 0 spiro atoms. The van der Waals surface area contributed by atoms with Gasteiger partial charge in [0.1, 0.15) is 11.3 Å². The Bertz CT molecular complexity index is 1430. The molecule has 0 aliphatic carbocycles. The van der Waals surface area contributed by atoms with E-state index >= 15 is 0 Å². The van der Waals surface area contributed by atoms with Gasteiger partial charge in [-0.25, -0.2) is 23.9 Å². The minimum Gasteiger partial charge on any atom is -0.478 e. The Morgan fingerprint density at radius 3 is 2.30 bits per heavy atom. The Hall–Kier alpha value is -4.60. The van der Waals surface area contributed by atoms with E-state index in [0.29, 0.717) is 0 Å². The summed E-state index contributed by atoms with van der Waals surface area (Å²) in [7, 11) is 0. The van der Waals surface area contributed by atoms with Crippen molar-refractivity contribution in [2.45, 2.75) is 0 Å². The van der Waals surface area contributed by atoms with E-state index in [4.69, 9.17) is 13.9 Å². The topological polar surface area (TPSA) is 141 Å². The fourth-order valence-electron chi connectivity index (χ4n) is 3.28. The molecule has 0 unspecified atom stereocenters. The number of nitrogens with zero attached hydrogens (tertiary/aromatic N) is 2. The van der Waals surface area contributed by atoms with Gasteiger partial charge in [-0.3, -0.25) is 0 Å². The first-order valence-corrected chi connectivity index (χ1v) is 8.55. The first kappa shape index (κ1) is 17.5. The van der Waals surface area contributed by atoms with Crippen LogP contribution >= 0.6 is 0 Å². The van der Waals surface area contributed by atoms with Crippen LogP contribution in [0.2, 0.25) is 0 Å². The number of aromatic carboxylic acids is 2. The third-order valence-corrected chi connectivity index (χ3v) is 4.52. The van der Waals surface area contributed by atoms with Crippen LogP contribution in [0.5, 0.6) is 23.0 Å². The molecule has 0 saturated heterocycles. The quantitative estimate of drug-likeness (QED) is 0.462. The van der Waals surface area contributed by atoms with Gasteiger partial charge in [-0.15, -0.1) is 0 Å². The van der Waals surface area contributed by atoms with Gasteiger partial charge >= 0.3 is 17.7 Å². The zero-order valence-corrected chi connectivity index (χ0v) is 14.9. The van der Waals surface area contributed by atoms with Crippen LogP contribution in [0.15, 0.2) is 57.9 Å². The van der Waals surface area contributed by atoms with Crippen molar-refractivity contribution < 1.29 is 33.7 Å². The van der Waals surface area contributed by atoms with Gasteiger partial charge < -0.3 is 24.1 Å². The van der Waals surface area contributed by atoms with E-state index in [9.17, 15) is 24.6 Å². The lowest BCUT2D eigenvalue weighted by Crippen LogP contribution is -2.18.